The number of anilines is 2. The molecule has 1 aliphatic heterocycles. The number of thiophene rings is 1. The fourth-order valence-electron chi connectivity index (χ4n) is 5.60. The Morgan fingerprint density at radius 1 is 1.10 bits per heavy atom. The Hall–Kier alpha value is -3.31. The van der Waals surface area contributed by atoms with E-state index in [0.717, 1.165) is 51.4 Å². The number of sulfonamides is 1. The first-order chi connectivity index (χ1) is 19.8. The second kappa shape index (κ2) is 12.7. The first kappa shape index (κ1) is 29.2. The maximum atomic E-state index is 13.4. The van der Waals surface area contributed by atoms with E-state index >= 15 is 0 Å². The summed E-state index contributed by atoms with van der Waals surface area (Å²) in [4.78, 5) is 27.4. The Balaban J connectivity index is 1.32. The number of amides is 1. The third-order valence-electron chi connectivity index (χ3n) is 7.81. The van der Waals surface area contributed by atoms with Crippen molar-refractivity contribution in [1.29, 1.82) is 0 Å². The van der Waals surface area contributed by atoms with E-state index in [4.69, 9.17) is 4.74 Å². The molecule has 8 nitrogen and oxygen atoms in total. The molecule has 0 radical (unpaired) electrons. The van der Waals surface area contributed by atoms with Gasteiger partial charge < -0.3 is 19.7 Å². The molecule has 0 unspecified atom stereocenters. The average molecular weight is 594 g/mol. The highest BCUT2D eigenvalue weighted by atomic mass is 32.2. The van der Waals surface area contributed by atoms with Gasteiger partial charge in [-0.25, -0.2) is 8.42 Å². The van der Waals surface area contributed by atoms with Crippen molar-refractivity contribution in [3.05, 3.63) is 65.5 Å². The van der Waals surface area contributed by atoms with E-state index in [-0.39, 0.29) is 18.2 Å². The van der Waals surface area contributed by atoms with Crippen molar-refractivity contribution in [2.45, 2.75) is 30.6 Å². The van der Waals surface area contributed by atoms with Crippen molar-refractivity contribution >= 4 is 65.8 Å². The lowest BCUT2D eigenvalue weighted by molar-refractivity contribution is -0.120. The first-order valence-electron chi connectivity index (χ1n) is 13.8. The van der Waals surface area contributed by atoms with Gasteiger partial charge in [-0.1, -0.05) is 36.4 Å². The van der Waals surface area contributed by atoms with Gasteiger partial charge in [-0.3, -0.25) is 4.79 Å². The second-order valence-corrected chi connectivity index (χ2v) is 13.2. The van der Waals surface area contributed by atoms with Gasteiger partial charge in [0.2, 0.25) is 15.9 Å². The number of nitrogens with zero attached hydrogens (tertiary/aromatic N) is 2. The van der Waals surface area contributed by atoms with Crippen molar-refractivity contribution < 1.29 is 22.7 Å². The van der Waals surface area contributed by atoms with Crippen molar-refractivity contribution in [1.82, 2.24) is 4.31 Å². The van der Waals surface area contributed by atoms with Gasteiger partial charge in [-0.2, -0.15) is 4.31 Å². The normalized spacial score (nSPS) is 14.9. The van der Waals surface area contributed by atoms with E-state index in [2.05, 4.69) is 10.2 Å². The van der Waals surface area contributed by atoms with Gasteiger partial charge >= 0.3 is 0 Å². The van der Waals surface area contributed by atoms with Crippen LogP contribution in [0.3, 0.4) is 0 Å². The van der Waals surface area contributed by atoms with Crippen LogP contribution in [0.25, 0.3) is 20.9 Å². The van der Waals surface area contributed by atoms with Crippen LogP contribution in [-0.2, 0) is 30.8 Å². The minimum absolute atomic E-state index is 0.119. The highest BCUT2D eigenvalue weighted by Crippen LogP contribution is 2.36. The van der Waals surface area contributed by atoms with Crippen LogP contribution in [0.4, 0.5) is 11.4 Å². The van der Waals surface area contributed by atoms with Crippen molar-refractivity contribution in [2.75, 3.05) is 50.6 Å². The van der Waals surface area contributed by atoms with Crippen molar-refractivity contribution in [3.8, 4) is 0 Å². The van der Waals surface area contributed by atoms with Gasteiger partial charge in [-0.05, 0) is 43.0 Å². The number of aldehydes is 1. The predicted molar refractivity (Wildman–Crippen MR) is 165 cm³/mol. The lowest BCUT2D eigenvalue weighted by Crippen LogP contribution is -2.41. The summed E-state index contributed by atoms with van der Waals surface area (Å²) in [5.74, 6) is -0.420. The topological polar surface area (TPSA) is 96.0 Å². The van der Waals surface area contributed by atoms with E-state index in [0.29, 0.717) is 43.1 Å². The summed E-state index contributed by atoms with van der Waals surface area (Å²) in [6, 6.07) is 17.2. The maximum absolute atomic E-state index is 13.4. The van der Waals surface area contributed by atoms with Gasteiger partial charge in [0.15, 0.2) is 0 Å². The van der Waals surface area contributed by atoms with Crippen LogP contribution in [-0.4, -0.2) is 65.3 Å². The number of piperidine rings is 1. The number of hydrogen-bond acceptors (Lipinski definition) is 7. The van der Waals surface area contributed by atoms with Crippen LogP contribution in [0.15, 0.2) is 64.9 Å². The molecule has 4 aromatic rings. The predicted octanol–water partition coefficient (Wildman–Crippen LogP) is 5.31. The van der Waals surface area contributed by atoms with Crippen LogP contribution in [0.1, 0.15) is 24.8 Å². The van der Waals surface area contributed by atoms with Gasteiger partial charge in [0.1, 0.15) is 11.2 Å². The number of benzene rings is 3. The zero-order valence-electron chi connectivity index (χ0n) is 23.3. The fourth-order valence-corrected chi connectivity index (χ4v) is 8.55. The summed E-state index contributed by atoms with van der Waals surface area (Å²) in [6.45, 7) is 2.02. The van der Waals surface area contributed by atoms with Gasteiger partial charge in [0.25, 0.3) is 0 Å². The zero-order chi connectivity index (χ0) is 29.0. The van der Waals surface area contributed by atoms with Gasteiger partial charge in [0, 0.05) is 90.4 Å². The number of methoxy groups -OCH3 is 1. The molecule has 0 saturated carbocycles. The highest BCUT2D eigenvalue weighted by molar-refractivity contribution is 7.89. The smallest absolute Gasteiger partial charge is 0.244 e. The summed E-state index contributed by atoms with van der Waals surface area (Å²) in [5, 5.41) is 7.39. The summed E-state index contributed by atoms with van der Waals surface area (Å²) >= 11 is 1.43. The average Bonchev–Trinajstić information content (AvgIpc) is 3.43. The first-order valence-corrected chi connectivity index (χ1v) is 16.1. The number of carbonyl (C=O) groups is 2. The zero-order valence-corrected chi connectivity index (χ0v) is 25.0. The van der Waals surface area contributed by atoms with Crippen molar-refractivity contribution in [3.63, 3.8) is 0 Å². The van der Waals surface area contributed by atoms with E-state index in [1.165, 1.54) is 15.6 Å². The molecule has 3 aromatic carbocycles. The van der Waals surface area contributed by atoms with E-state index in [9.17, 15) is 18.0 Å². The fraction of sp³-hybridized carbons (Fsp3) is 0.355. The largest absolute Gasteiger partial charge is 0.385 e. The lowest BCUT2D eigenvalue weighted by atomic mass is 9.96. The molecular weight excluding hydrogens is 558 g/mol. The molecule has 0 spiro atoms. The second-order valence-electron chi connectivity index (χ2n) is 10.4. The molecule has 0 bridgehead atoms. The molecule has 216 valence electrons. The molecule has 1 saturated heterocycles. The Bertz CT molecular complexity index is 1660. The molecule has 5 rings (SSSR count). The minimum atomic E-state index is -3.64. The van der Waals surface area contributed by atoms with Crippen LogP contribution >= 0.6 is 11.3 Å². The standard InChI is InChI=1S/C31H35N3O5S2/c1-33(16-6-20-39-2)27-12-11-26(24-9-5-7-22(15-19-35)30(24)27)32-31(36)23-13-17-34(18-14-23)41(37,38)29-21-40-28-10-4-3-8-25(28)29/h3-5,7-12,19,21,23H,6,13-18,20H2,1-2H3,(H,32,36). The molecule has 1 fully saturated rings. The number of fused-ring (bicyclic) bond motifs is 2. The molecule has 1 N–H and O–H groups in total. The summed E-state index contributed by atoms with van der Waals surface area (Å²) in [7, 11) is 0.0560. The Morgan fingerprint density at radius 2 is 1.85 bits per heavy atom. The molecule has 1 amide bonds. The molecule has 1 aromatic heterocycles. The van der Waals surface area contributed by atoms with Crippen LogP contribution in [0, 0.1) is 5.92 Å². The number of ether oxygens (including phenoxy) is 1. The number of rotatable bonds is 11. The monoisotopic (exact) mass is 593 g/mol. The molecular formula is C31H35N3O5S2. The highest BCUT2D eigenvalue weighted by Gasteiger charge is 2.33. The van der Waals surface area contributed by atoms with Crippen LogP contribution < -0.4 is 10.2 Å². The molecule has 0 aliphatic carbocycles. The molecule has 10 heteroatoms. The number of nitrogens with one attached hydrogen (secondary N) is 1. The van der Waals surface area contributed by atoms with E-state index in [1.54, 1.807) is 12.5 Å². The van der Waals surface area contributed by atoms with Gasteiger partial charge in [0.05, 0.1) is 0 Å². The SMILES string of the molecule is COCCCN(C)c1ccc(NC(=O)C2CCN(S(=O)(=O)c3csc4ccccc34)CC2)c2cccc(CC=O)c12. The Kier molecular flexibility index (Phi) is 9.03. The van der Waals surface area contributed by atoms with Crippen LogP contribution in [0.2, 0.25) is 0 Å². The third-order valence-corrected chi connectivity index (χ3v) is 10.9. The molecule has 2 heterocycles. The quantitative estimate of drug-likeness (QED) is 0.187. The lowest BCUT2D eigenvalue weighted by Gasteiger charge is -2.30. The Labute approximate surface area is 244 Å². The molecule has 41 heavy (non-hydrogen) atoms. The van der Waals surface area contributed by atoms with Crippen LogP contribution in [0.5, 0.6) is 0 Å². The van der Waals surface area contributed by atoms with E-state index in [1.807, 2.05) is 61.6 Å². The third kappa shape index (κ3) is 6.01. The minimum Gasteiger partial charge on any atom is -0.385 e. The molecule has 0 atom stereocenters. The summed E-state index contributed by atoms with van der Waals surface area (Å²) < 4.78 is 34.5. The number of carbonyl (C=O) groups excluding carboxylic acids is 2. The van der Waals surface area contributed by atoms with E-state index < -0.39 is 10.0 Å². The molecule has 1 aliphatic rings. The van der Waals surface area contributed by atoms with Gasteiger partial charge in [-0.15, -0.1) is 11.3 Å². The number of hydrogen-bond donors (Lipinski definition) is 1. The Morgan fingerprint density at radius 3 is 2.61 bits per heavy atom. The van der Waals surface area contributed by atoms with Crippen molar-refractivity contribution in [2.24, 2.45) is 5.92 Å². The summed E-state index contributed by atoms with van der Waals surface area (Å²) in [5.41, 5.74) is 2.58. The maximum Gasteiger partial charge on any atom is 0.244 e. The summed E-state index contributed by atoms with van der Waals surface area (Å²) in [6.07, 6.45) is 2.93.